The molecule has 14 heavy (non-hydrogen) atoms. The van der Waals surface area contributed by atoms with Gasteiger partial charge in [0.2, 0.25) is 5.91 Å². The first kappa shape index (κ1) is 8.56. The van der Waals surface area contributed by atoms with E-state index >= 15 is 0 Å². The predicted octanol–water partition coefficient (Wildman–Crippen LogP) is 2.29. The molecule has 70 valence electrons. The number of aromatic amines is 1. The van der Waals surface area contributed by atoms with E-state index < -0.39 is 0 Å². The lowest BCUT2D eigenvalue weighted by molar-refractivity contribution is -0.111. The smallest absolute Gasteiger partial charge is 0.247 e. The fourth-order valence-electron chi connectivity index (χ4n) is 1.32. The van der Waals surface area contributed by atoms with Gasteiger partial charge in [-0.25, -0.2) is 0 Å². The van der Waals surface area contributed by atoms with Crippen molar-refractivity contribution in [3.8, 4) is 0 Å². The molecular weight excluding hydrogens is 176 g/mol. The molecule has 0 aliphatic carbocycles. The quantitative estimate of drug-likeness (QED) is 0.694. The number of hydrogen-bond acceptors (Lipinski definition) is 1. The number of H-pyrrole nitrogens is 1. The van der Waals surface area contributed by atoms with Gasteiger partial charge in [0.05, 0.1) is 0 Å². The van der Waals surface area contributed by atoms with Crippen molar-refractivity contribution in [1.29, 1.82) is 0 Å². The van der Waals surface area contributed by atoms with E-state index in [9.17, 15) is 4.79 Å². The number of aromatic nitrogens is 1. The van der Waals surface area contributed by atoms with Crippen LogP contribution in [0.25, 0.3) is 10.9 Å². The summed E-state index contributed by atoms with van der Waals surface area (Å²) in [5.41, 5.74) is 1.84. The van der Waals surface area contributed by atoms with Crippen LogP contribution >= 0.6 is 0 Å². The molecule has 1 aromatic heterocycles. The minimum atomic E-state index is -0.195. The number of hydrogen-bond donors (Lipinski definition) is 2. The Balaban J connectivity index is 2.34. The molecule has 0 fully saturated rings. The van der Waals surface area contributed by atoms with Crippen molar-refractivity contribution >= 4 is 22.5 Å². The van der Waals surface area contributed by atoms with E-state index in [1.54, 1.807) is 0 Å². The minimum absolute atomic E-state index is 0.195. The second-order valence-electron chi connectivity index (χ2n) is 2.97. The van der Waals surface area contributed by atoms with Crippen LogP contribution in [0, 0.1) is 0 Å². The van der Waals surface area contributed by atoms with Crippen LogP contribution in [0.4, 0.5) is 5.69 Å². The highest BCUT2D eigenvalue weighted by Crippen LogP contribution is 2.17. The number of fused-ring (bicyclic) bond motifs is 1. The Labute approximate surface area is 81.4 Å². The summed E-state index contributed by atoms with van der Waals surface area (Å²) < 4.78 is 0. The van der Waals surface area contributed by atoms with Crippen LogP contribution in [0.1, 0.15) is 0 Å². The highest BCUT2D eigenvalue weighted by atomic mass is 16.1. The summed E-state index contributed by atoms with van der Waals surface area (Å²) in [6.07, 6.45) is 3.12. The molecular formula is C11H10N2O. The van der Waals surface area contributed by atoms with Crippen LogP contribution in [0.5, 0.6) is 0 Å². The Hall–Kier alpha value is -2.03. The number of carbonyl (C=O) groups excluding carboxylic acids is 1. The van der Waals surface area contributed by atoms with Crippen LogP contribution in [-0.2, 0) is 4.79 Å². The minimum Gasteiger partial charge on any atom is -0.361 e. The molecule has 2 aromatic rings. The molecule has 0 radical (unpaired) electrons. The maximum Gasteiger partial charge on any atom is 0.247 e. The number of benzene rings is 1. The van der Waals surface area contributed by atoms with E-state index in [2.05, 4.69) is 16.9 Å². The van der Waals surface area contributed by atoms with Crippen molar-refractivity contribution < 1.29 is 4.79 Å². The molecule has 0 spiro atoms. The summed E-state index contributed by atoms with van der Waals surface area (Å²) >= 11 is 0. The zero-order chi connectivity index (χ0) is 9.97. The summed E-state index contributed by atoms with van der Waals surface area (Å²) in [5, 5.41) is 3.78. The Kier molecular flexibility index (Phi) is 2.07. The molecule has 0 saturated carbocycles. The molecule has 1 amide bonds. The van der Waals surface area contributed by atoms with Gasteiger partial charge in [0.1, 0.15) is 0 Å². The van der Waals surface area contributed by atoms with Gasteiger partial charge in [-0.1, -0.05) is 6.58 Å². The Morgan fingerprint density at radius 1 is 1.43 bits per heavy atom. The number of anilines is 1. The second kappa shape index (κ2) is 3.38. The van der Waals surface area contributed by atoms with Gasteiger partial charge < -0.3 is 10.3 Å². The van der Waals surface area contributed by atoms with Crippen LogP contribution < -0.4 is 5.32 Å². The summed E-state index contributed by atoms with van der Waals surface area (Å²) in [7, 11) is 0. The zero-order valence-electron chi connectivity index (χ0n) is 7.58. The summed E-state index contributed by atoms with van der Waals surface area (Å²) in [6.45, 7) is 3.39. The Morgan fingerprint density at radius 3 is 3.07 bits per heavy atom. The molecule has 3 nitrogen and oxygen atoms in total. The van der Waals surface area contributed by atoms with Gasteiger partial charge in [0.25, 0.3) is 0 Å². The van der Waals surface area contributed by atoms with E-state index in [0.29, 0.717) is 0 Å². The average Bonchev–Trinajstić information content (AvgIpc) is 2.64. The van der Waals surface area contributed by atoms with Gasteiger partial charge in [-0.3, -0.25) is 4.79 Å². The third-order valence-corrected chi connectivity index (χ3v) is 2.01. The van der Waals surface area contributed by atoms with Crippen molar-refractivity contribution in [3.63, 3.8) is 0 Å². The topological polar surface area (TPSA) is 44.9 Å². The fraction of sp³-hybridized carbons (Fsp3) is 0. The van der Waals surface area contributed by atoms with Crippen LogP contribution in [-0.4, -0.2) is 10.9 Å². The first-order valence-electron chi connectivity index (χ1n) is 4.30. The summed E-state index contributed by atoms with van der Waals surface area (Å²) in [4.78, 5) is 14.1. The molecule has 2 rings (SSSR count). The van der Waals surface area contributed by atoms with Gasteiger partial charge in [0, 0.05) is 22.8 Å². The first-order valence-corrected chi connectivity index (χ1v) is 4.30. The molecule has 0 saturated heterocycles. The van der Waals surface area contributed by atoms with Gasteiger partial charge in [-0.2, -0.15) is 0 Å². The van der Waals surface area contributed by atoms with Crippen molar-refractivity contribution in [2.75, 3.05) is 5.32 Å². The van der Waals surface area contributed by atoms with Crippen molar-refractivity contribution in [2.24, 2.45) is 0 Å². The van der Waals surface area contributed by atoms with Gasteiger partial charge >= 0.3 is 0 Å². The van der Waals surface area contributed by atoms with E-state index in [1.807, 2.05) is 30.5 Å². The third-order valence-electron chi connectivity index (χ3n) is 2.01. The van der Waals surface area contributed by atoms with E-state index in [1.165, 1.54) is 6.08 Å². The maximum absolute atomic E-state index is 11.0. The van der Waals surface area contributed by atoms with Gasteiger partial charge in [0.15, 0.2) is 0 Å². The van der Waals surface area contributed by atoms with Gasteiger partial charge in [-0.15, -0.1) is 0 Å². The SMILES string of the molecule is C=CC(=O)Nc1ccc2[nH]ccc2c1. The first-order chi connectivity index (χ1) is 6.79. The van der Waals surface area contributed by atoms with E-state index in [0.717, 1.165) is 16.6 Å². The lowest BCUT2D eigenvalue weighted by atomic mass is 10.2. The number of nitrogens with one attached hydrogen (secondary N) is 2. The third kappa shape index (κ3) is 1.52. The number of carbonyl (C=O) groups is 1. The van der Waals surface area contributed by atoms with E-state index in [4.69, 9.17) is 0 Å². The molecule has 2 N–H and O–H groups in total. The maximum atomic E-state index is 11.0. The number of amides is 1. The van der Waals surface area contributed by atoms with Crippen LogP contribution in [0.15, 0.2) is 43.1 Å². The Morgan fingerprint density at radius 2 is 2.29 bits per heavy atom. The van der Waals surface area contributed by atoms with Crippen LogP contribution in [0.2, 0.25) is 0 Å². The van der Waals surface area contributed by atoms with Crippen molar-refractivity contribution in [2.45, 2.75) is 0 Å². The molecule has 3 heteroatoms. The van der Waals surface area contributed by atoms with Crippen molar-refractivity contribution in [3.05, 3.63) is 43.1 Å². The monoisotopic (exact) mass is 186 g/mol. The number of rotatable bonds is 2. The normalized spacial score (nSPS) is 10.0. The highest BCUT2D eigenvalue weighted by molar-refractivity contribution is 6.00. The van der Waals surface area contributed by atoms with Gasteiger partial charge in [-0.05, 0) is 30.3 Å². The molecule has 0 atom stereocenters. The second-order valence-corrected chi connectivity index (χ2v) is 2.97. The predicted molar refractivity (Wildman–Crippen MR) is 57.1 cm³/mol. The standard InChI is InChI=1S/C11H10N2O/c1-2-11(14)13-9-3-4-10-8(7-9)5-6-12-10/h2-7,12H,1H2,(H,13,14). The molecule has 1 heterocycles. The lowest BCUT2D eigenvalue weighted by Crippen LogP contribution is -2.06. The average molecular weight is 186 g/mol. The Bertz CT molecular complexity index is 485. The molecule has 1 aromatic carbocycles. The van der Waals surface area contributed by atoms with Crippen LogP contribution in [0.3, 0.4) is 0 Å². The highest BCUT2D eigenvalue weighted by Gasteiger charge is 1.98. The van der Waals surface area contributed by atoms with E-state index in [-0.39, 0.29) is 5.91 Å². The molecule has 0 aliphatic heterocycles. The largest absolute Gasteiger partial charge is 0.361 e. The summed E-state index contributed by atoms with van der Waals surface area (Å²) in [5.74, 6) is -0.195. The lowest BCUT2D eigenvalue weighted by Gasteiger charge is -2.01. The molecule has 0 unspecified atom stereocenters. The van der Waals surface area contributed by atoms with Crippen molar-refractivity contribution in [1.82, 2.24) is 4.98 Å². The molecule has 0 bridgehead atoms. The molecule has 0 aliphatic rings. The zero-order valence-corrected chi connectivity index (χ0v) is 7.58. The fourth-order valence-corrected chi connectivity index (χ4v) is 1.32. The summed E-state index contributed by atoms with van der Waals surface area (Å²) in [6, 6.07) is 7.64.